The maximum absolute atomic E-state index is 9.92. The summed E-state index contributed by atoms with van der Waals surface area (Å²) in [5, 5.41) is 18.6. The lowest BCUT2D eigenvalue weighted by atomic mass is 9.82. The molecule has 2 N–H and O–H groups in total. The second kappa shape index (κ2) is 9.06. The van der Waals surface area contributed by atoms with Crippen molar-refractivity contribution in [3.05, 3.63) is 29.8 Å². The van der Waals surface area contributed by atoms with Crippen molar-refractivity contribution in [2.24, 2.45) is 0 Å². The summed E-state index contributed by atoms with van der Waals surface area (Å²) in [6, 6.07) is 7.71. The summed E-state index contributed by atoms with van der Waals surface area (Å²) in [5.41, 5.74) is 1.10. The van der Waals surface area contributed by atoms with Gasteiger partial charge in [-0.1, -0.05) is 31.0 Å². The largest absolute Gasteiger partial charge is 0.508 e. The standard InChI is InChI=1S/C18H28O3/c19-13-5-1-2-6-14-21-16-11-9-15(10-12-16)17-7-3-4-8-18(17)20/h3-4,7-8,15-16,19-20H,1-2,5-6,9-14H2. The van der Waals surface area contributed by atoms with E-state index in [-0.39, 0.29) is 0 Å². The predicted octanol–water partition coefficient (Wildman–Crippen LogP) is 3.99. The number of rotatable bonds is 8. The lowest BCUT2D eigenvalue weighted by molar-refractivity contribution is 0.0223. The van der Waals surface area contributed by atoms with Crippen molar-refractivity contribution in [2.45, 2.75) is 63.4 Å². The SMILES string of the molecule is OCCCCCCOC1CCC(c2ccccc2O)CC1. The molecule has 0 heterocycles. The highest BCUT2D eigenvalue weighted by Crippen LogP contribution is 2.37. The van der Waals surface area contributed by atoms with Crippen LogP contribution in [0.5, 0.6) is 5.75 Å². The van der Waals surface area contributed by atoms with E-state index in [0.29, 0.717) is 24.4 Å². The molecule has 0 radical (unpaired) electrons. The average molecular weight is 292 g/mol. The van der Waals surface area contributed by atoms with Crippen LogP contribution < -0.4 is 0 Å². The van der Waals surface area contributed by atoms with Crippen molar-refractivity contribution in [3.8, 4) is 5.75 Å². The van der Waals surface area contributed by atoms with Gasteiger partial charge in [0, 0.05) is 13.2 Å². The number of hydrogen-bond acceptors (Lipinski definition) is 3. The van der Waals surface area contributed by atoms with Crippen molar-refractivity contribution in [3.63, 3.8) is 0 Å². The van der Waals surface area contributed by atoms with E-state index in [1.165, 1.54) is 0 Å². The van der Waals surface area contributed by atoms with Crippen LogP contribution in [0.4, 0.5) is 0 Å². The molecule has 0 aliphatic heterocycles. The number of ether oxygens (including phenoxy) is 1. The lowest BCUT2D eigenvalue weighted by Gasteiger charge is -2.29. The van der Waals surface area contributed by atoms with Crippen LogP contribution in [-0.4, -0.2) is 29.5 Å². The predicted molar refractivity (Wildman–Crippen MR) is 84.6 cm³/mol. The number of benzene rings is 1. The number of aliphatic hydroxyl groups excluding tert-OH is 1. The van der Waals surface area contributed by atoms with Gasteiger partial charge in [-0.05, 0) is 56.1 Å². The Balaban J connectivity index is 1.63. The van der Waals surface area contributed by atoms with Gasteiger partial charge in [-0.2, -0.15) is 0 Å². The topological polar surface area (TPSA) is 49.7 Å². The maximum atomic E-state index is 9.92. The zero-order valence-electron chi connectivity index (χ0n) is 12.8. The molecule has 0 bridgehead atoms. The van der Waals surface area contributed by atoms with Gasteiger partial charge in [0.15, 0.2) is 0 Å². The molecule has 3 heteroatoms. The molecule has 1 aliphatic carbocycles. The molecule has 118 valence electrons. The van der Waals surface area contributed by atoms with E-state index < -0.39 is 0 Å². The molecule has 2 rings (SSSR count). The van der Waals surface area contributed by atoms with E-state index in [4.69, 9.17) is 9.84 Å². The zero-order chi connectivity index (χ0) is 14.9. The molecule has 0 unspecified atom stereocenters. The molecule has 0 aromatic heterocycles. The van der Waals surface area contributed by atoms with Crippen LogP contribution in [-0.2, 0) is 4.74 Å². The second-order valence-corrected chi connectivity index (χ2v) is 6.04. The Bertz CT molecular complexity index is 397. The summed E-state index contributed by atoms with van der Waals surface area (Å²) in [6.45, 7) is 1.15. The molecule has 1 saturated carbocycles. The summed E-state index contributed by atoms with van der Waals surface area (Å²) in [5.74, 6) is 0.918. The van der Waals surface area contributed by atoms with Crippen LogP contribution in [0, 0.1) is 0 Å². The van der Waals surface area contributed by atoms with E-state index in [1.807, 2.05) is 18.2 Å². The summed E-state index contributed by atoms with van der Waals surface area (Å²) in [7, 11) is 0. The number of phenols is 1. The number of phenolic OH excluding ortho intramolecular Hbond substituents is 1. The molecule has 21 heavy (non-hydrogen) atoms. The third-order valence-electron chi connectivity index (χ3n) is 4.46. The number of para-hydroxylation sites is 1. The molecule has 0 saturated heterocycles. The normalized spacial score (nSPS) is 22.3. The van der Waals surface area contributed by atoms with Crippen LogP contribution in [0.1, 0.15) is 62.8 Å². The summed E-state index contributed by atoms with van der Waals surface area (Å²) in [4.78, 5) is 0. The minimum atomic E-state index is 0.303. The highest BCUT2D eigenvalue weighted by molar-refractivity contribution is 5.35. The van der Waals surface area contributed by atoms with Gasteiger partial charge >= 0.3 is 0 Å². The van der Waals surface area contributed by atoms with Crippen LogP contribution in [0.3, 0.4) is 0 Å². The maximum Gasteiger partial charge on any atom is 0.119 e. The first-order valence-corrected chi connectivity index (χ1v) is 8.31. The Kier molecular flexibility index (Phi) is 7.04. The highest BCUT2D eigenvalue weighted by Gasteiger charge is 2.24. The minimum absolute atomic E-state index is 0.303. The first-order chi connectivity index (χ1) is 10.3. The molecule has 1 aliphatic rings. The Hall–Kier alpha value is -1.06. The minimum Gasteiger partial charge on any atom is -0.508 e. The molecule has 0 spiro atoms. The molecular weight excluding hydrogens is 264 g/mol. The molecule has 0 amide bonds. The van der Waals surface area contributed by atoms with Gasteiger partial charge in [0.25, 0.3) is 0 Å². The highest BCUT2D eigenvalue weighted by atomic mass is 16.5. The van der Waals surface area contributed by atoms with Gasteiger partial charge in [-0.15, -0.1) is 0 Å². The van der Waals surface area contributed by atoms with Crippen LogP contribution >= 0.6 is 0 Å². The van der Waals surface area contributed by atoms with Gasteiger partial charge in [-0.25, -0.2) is 0 Å². The van der Waals surface area contributed by atoms with E-state index >= 15 is 0 Å². The first-order valence-electron chi connectivity index (χ1n) is 8.31. The smallest absolute Gasteiger partial charge is 0.119 e. The number of hydrogen-bond donors (Lipinski definition) is 2. The van der Waals surface area contributed by atoms with Crippen LogP contribution in [0.25, 0.3) is 0 Å². The second-order valence-electron chi connectivity index (χ2n) is 6.04. The summed E-state index contributed by atoms with van der Waals surface area (Å²) in [6.07, 6.45) is 9.04. The van der Waals surface area contributed by atoms with Crippen molar-refractivity contribution in [2.75, 3.05) is 13.2 Å². The Morgan fingerprint density at radius 2 is 1.67 bits per heavy atom. The van der Waals surface area contributed by atoms with E-state index in [2.05, 4.69) is 0 Å². The van der Waals surface area contributed by atoms with Gasteiger partial charge in [0.2, 0.25) is 0 Å². The number of aliphatic hydroxyl groups is 1. The van der Waals surface area contributed by atoms with Gasteiger partial charge in [-0.3, -0.25) is 0 Å². The van der Waals surface area contributed by atoms with E-state index in [9.17, 15) is 5.11 Å². The monoisotopic (exact) mass is 292 g/mol. The van der Waals surface area contributed by atoms with Gasteiger partial charge in [0.05, 0.1) is 6.10 Å². The van der Waals surface area contributed by atoms with Gasteiger partial charge < -0.3 is 14.9 Å². The molecule has 1 aromatic rings. The fraction of sp³-hybridized carbons (Fsp3) is 0.667. The third kappa shape index (κ3) is 5.33. The average Bonchev–Trinajstić information content (AvgIpc) is 2.52. The van der Waals surface area contributed by atoms with E-state index in [0.717, 1.165) is 63.5 Å². The lowest BCUT2D eigenvalue weighted by Crippen LogP contribution is -2.21. The molecule has 1 aromatic carbocycles. The summed E-state index contributed by atoms with van der Waals surface area (Å²) >= 11 is 0. The molecular formula is C18H28O3. The van der Waals surface area contributed by atoms with Crippen molar-refractivity contribution in [1.29, 1.82) is 0 Å². The van der Waals surface area contributed by atoms with Crippen molar-refractivity contribution >= 4 is 0 Å². The fourth-order valence-corrected chi connectivity index (χ4v) is 3.19. The van der Waals surface area contributed by atoms with Gasteiger partial charge in [0.1, 0.15) is 5.75 Å². The quantitative estimate of drug-likeness (QED) is 0.712. The zero-order valence-corrected chi connectivity index (χ0v) is 12.8. The van der Waals surface area contributed by atoms with Crippen molar-refractivity contribution < 1.29 is 14.9 Å². The molecule has 0 atom stereocenters. The number of aromatic hydroxyl groups is 1. The number of unbranched alkanes of at least 4 members (excludes halogenated alkanes) is 3. The van der Waals surface area contributed by atoms with Crippen LogP contribution in [0.2, 0.25) is 0 Å². The molecule has 1 fully saturated rings. The summed E-state index contributed by atoms with van der Waals surface area (Å²) < 4.78 is 5.95. The Labute approximate surface area is 128 Å². The van der Waals surface area contributed by atoms with E-state index in [1.54, 1.807) is 6.07 Å². The molecule has 3 nitrogen and oxygen atoms in total. The Morgan fingerprint density at radius 3 is 2.38 bits per heavy atom. The van der Waals surface area contributed by atoms with Crippen molar-refractivity contribution in [1.82, 2.24) is 0 Å². The fourth-order valence-electron chi connectivity index (χ4n) is 3.19. The third-order valence-corrected chi connectivity index (χ3v) is 4.46. The first kappa shape index (κ1) is 16.3. The Morgan fingerprint density at radius 1 is 0.952 bits per heavy atom. The van der Waals surface area contributed by atoms with Crippen LogP contribution in [0.15, 0.2) is 24.3 Å².